The Bertz CT molecular complexity index is 955. The lowest BCUT2D eigenvalue weighted by Gasteiger charge is -2.18. The summed E-state index contributed by atoms with van der Waals surface area (Å²) < 4.78 is 17.4. The van der Waals surface area contributed by atoms with Crippen LogP contribution in [0, 0.1) is 0 Å². The van der Waals surface area contributed by atoms with Crippen molar-refractivity contribution in [3.63, 3.8) is 0 Å². The van der Waals surface area contributed by atoms with Gasteiger partial charge in [-0.2, -0.15) is 0 Å². The Labute approximate surface area is 374 Å². The summed E-state index contributed by atoms with van der Waals surface area (Å²) in [5.41, 5.74) is 0. The molecule has 0 aliphatic carbocycles. The molecule has 0 fully saturated rings. The number of esters is 2. The summed E-state index contributed by atoms with van der Waals surface area (Å²) in [7, 11) is 0. The van der Waals surface area contributed by atoms with Crippen molar-refractivity contribution in [1.29, 1.82) is 0 Å². The van der Waals surface area contributed by atoms with E-state index in [0.29, 0.717) is 19.4 Å². The Kier molecular flexibility index (Phi) is 49.9. The molecule has 5 heteroatoms. The minimum atomic E-state index is -0.538. The van der Waals surface area contributed by atoms with E-state index in [4.69, 9.17) is 14.2 Å². The highest BCUT2D eigenvalue weighted by Gasteiger charge is 2.17. The minimum absolute atomic E-state index is 0.0833. The van der Waals surface area contributed by atoms with Crippen LogP contribution in [0.1, 0.15) is 278 Å². The van der Waals surface area contributed by atoms with Crippen molar-refractivity contribution in [2.24, 2.45) is 0 Å². The molecule has 0 heterocycles. The predicted molar refractivity (Wildman–Crippen MR) is 261 cm³/mol. The maximum atomic E-state index is 12.8. The summed E-state index contributed by atoms with van der Waals surface area (Å²) in [4.78, 5) is 25.4. The van der Waals surface area contributed by atoms with Crippen molar-refractivity contribution < 1.29 is 23.8 Å². The van der Waals surface area contributed by atoms with Gasteiger partial charge in [0.25, 0.3) is 0 Å². The Morgan fingerprint density at radius 2 is 0.700 bits per heavy atom. The van der Waals surface area contributed by atoms with E-state index in [1.165, 1.54) is 199 Å². The first-order chi connectivity index (χ1) is 29.6. The molecule has 0 aromatic rings. The molecule has 0 saturated carbocycles. The molecule has 1 atom stereocenters. The van der Waals surface area contributed by atoms with E-state index in [0.717, 1.165) is 44.9 Å². The number of carbonyl (C=O) groups is 2. The van der Waals surface area contributed by atoms with Gasteiger partial charge in [-0.25, -0.2) is 0 Å². The molecule has 1 unspecified atom stereocenters. The van der Waals surface area contributed by atoms with E-state index in [-0.39, 0.29) is 25.2 Å². The van der Waals surface area contributed by atoms with Crippen LogP contribution in [0.15, 0.2) is 36.5 Å². The molecule has 0 saturated heterocycles. The molecule has 0 aliphatic rings. The fourth-order valence-corrected chi connectivity index (χ4v) is 7.65. The number of hydrogen-bond acceptors (Lipinski definition) is 5. The van der Waals surface area contributed by atoms with Crippen molar-refractivity contribution in [1.82, 2.24) is 0 Å². The maximum Gasteiger partial charge on any atom is 0.306 e. The molecular weight excluding hydrogens is 741 g/mol. The smallest absolute Gasteiger partial charge is 0.306 e. The van der Waals surface area contributed by atoms with Crippen molar-refractivity contribution >= 4 is 11.9 Å². The lowest BCUT2D eigenvalue weighted by molar-refractivity contribution is -0.163. The van der Waals surface area contributed by atoms with Crippen molar-refractivity contribution in [3.8, 4) is 0 Å². The SMILES string of the molecule is CCCCC/C=C\C/C=C\CCCCCCCCOCC(COC(=O)CCCCCCCCC/C=C\CCCCCCCC)OC(=O)CCCCCCCCCCCCC. The molecule has 5 nitrogen and oxygen atoms in total. The number of hydrogen-bond donors (Lipinski definition) is 0. The Morgan fingerprint density at radius 1 is 0.367 bits per heavy atom. The average molecular weight is 843 g/mol. The zero-order valence-corrected chi connectivity index (χ0v) is 40.5. The molecular formula is C55H102O5. The van der Waals surface area contributed by atoms with E-state index in [1.807, 2.05) is 0 Å². The third-order valence-corrected chi connectivity index (χ3v) is 11.6. The van der Waals surface area contributed by atoms with Gasteiger partial charge in [0.15, 0.2) is 6.10 Å². The van der Waals surface area contributed by atoms with Crippen molar-refractivity contribution in [3.05, 3.63) is 36.5 Å². The molecule has 0 spiro atoms. The lowest BCUT2D eigenvalue weighted by Crippen LogP contribution is -2.30. The molecule has 0 radical (unpaired) electrons. The summed E-state index contributed by atoms with van der Waals surface area (Å²) in [6, 6.07) is 0. The van der Waals surface area contributed by atoms with Crippen LogP contribution in [0.5, 0.6) is 0 Å². The molecule has 0 aromatic heterocycles. The zero-order chi connectivity index (χ0) is 43.5. The monoisotopic (exact) mass is 843 g/mol. The molecule has 352 valence electrons. The third kappa shape index (κ3) is 48.8. The van der Waals surface area contributed by atoms with Gasteiger partial charge >= 0.3 is 11.9 Å². The van der Waals surface area contributed by atoms with Gasteiger partial charge in [-0.1, -0.05) is 224 Å². The highest BCUT2D eigenvalue weighted by molar-refractivity contribution is 5.70. The molecule has 0 rings (SSSR count). The van der Waals surface area contributed by atoms with Crippen LogP contribution in [0.25, 0.3) is 0 Å². The number of allylic oxidation sites excluding steroid dienone is 6. The molecule has 60 heavy (non-hydrogen) atoms. The number of unbranched alkanes of at least 4 members (excludes halogenated alkanes) is 32. The van der Waals surface area contributed by atoms with E-state index < -0.39 is 6.10 Å². The standard InChI is InChI=1S/C55H102O5/c1-4-7-10-13-16-19-22-24-26-28-29-31-34-36-39-42-45-48-54(56)59-52-53(60-55(57)49-46-43-40-37-33-21-18-15-12-9-6-3)51-58-50-47-44-41-38-35-32-30-27-25-23-20-17-14-11-8-5-2/h17,20,24-27,53H,4-16,18-19,21-23,28-52H2,1-3H3/b20-17-,26-24-,27-25-. The van der Waals surface area contributed by atoms with Gasteiger partial charge in [0.1, 0.15) is 6.61 Å². The quantitative estimate of drug-likeness (QED) is 0.0347. The first-order valence-electron chi connectivity index (χ1n) is 26.5. The lowest BCUT2D eigenvalue weighted by atomic mass is 10.1. The Hall–Kier alpha value is -1.88. The molecule has 0 aromatic carbocycles. The van der Waals surface area contributed by atoms with Gasteiger partial charge in [-0.05, 0) is 77.0 Å². The van der Waals surface area contributed by atoms with E-state index in [2.05, 4.69) is 57.2 Å². The third-order valence-electron chi connectivity index (χ3n) is 11.6. The average Bonchev–Trinajstić information content (AvgIpc) is 3.25. The van der Waals surface area contributed by atoms with E-state index in [1.54, 1.807) is 0 Å². The van der Waals surface area contributed by atoms with Crippen LogP contribution >= 0.6 is 0 Å². The Morgan fingerprint density at radius 3 is 1.15 bits per heavy atom. The normalized spacial score (nSPS) is 12.4. The second kappa shape index (κ2) is 51.5. The maximum absolute atomic E-state index is 12.8. The Balaban J connectivity index is 4.22. The summed E-state index contributed by atoms with van der Waals surface area (Å²) in [6.07, 6.45) is 61.5. The van der Waals surface area contributed by atoms with Crippen molar-refractivity contribution in [2.75, 3.05) is 19.8 Å². The van der Waals surface area contributed by atoms with Gasteiger partial charge in [0.05, 0.1) is 6.61 Å². The second-order valence-corrected chi connectivity index (χ2v) is 17.8. The van der Waals surface area contributed by atoms with E-state index in [9.17, 15) is 9.59 Å². The van der Waals surface area contributed by atoms with Gasteiger partial charge in [0, 0.05) is 19.4 Å². The van der Waals surface area contributed by atoms with E-state index >= 15 is 0 Å². The topological polar surface area (TPSA) is 61.8 Å². The van der Waals surface area contributed by atoms with Crippen molar-refractivity contribution in [2.45, 2.75) is 284 Å². The van der Waals surface area contributed by atoms with Gasteiger partial charge in [0.2, 0.25) is 0 Å². The van der Waals surface area contributed by atoms with Crippen LogP contribution in [-0.2, 0) is 23.8 Å². The van der Waals surface area contributed by atoms with Crippen LogP contribution in [0.2, 0.25) is 0 Å². The molecule has 0 amide bonds. The number of carbonyl (C=O) groups excluding carboxylic acids is 2. The second-order valence-electron chi connectivity index (χ2n) is 17.8. The fraction of sp³-hybridized carbons (Fsp3) is 0.855. The van der Waals surface area contributed by atoms with Crippen LogP contribution in [0.3, 0.4) is 0 Å². The predicted octanol–water partition coefficient (Wildman–Crippen LogP) is 17.8. The minimum Gasteiger partial charge on any atom is -0.462 e. The molecule has 0 bridgehead atoms. The molecule has 0 N–H and O–H groups in total. The first kappa shape index (κ1) is 58.1. The highest BCUT2D eigenvalue weighted by atomic mass is 16.6. The van der Waals surface area contributed by atoms with Gasteiger partial charge in [-0.15, -0.1) is 0 Å². The first-order valence-corrected chi connectivity index (χ1v) is 26.5. The van der Waals surface area contributed by atoms with Gasteiger partial charge < -0.3 is 14.2 Å². The summed E-state index contributed by atoms with van der Waals surface area (Å²) in [5.74, 6) is -0.396. The largest absolute Gasteiger partial charge is 0.462 e. The number of rotatable bonds is 49. The van der Waals surface area contributed by atoms with Crippen LogP contribution in [0.4, 0.5) is 0 Å². The fourth-order valence-electron chi connectivity index (χ4n) is 7.65. The summed E-state index contributed by atoms with van der Waals surface area (Å²) in [6.45, 7) is 7.81. The summed E-state index contributed by atoms with van der Waals surface area (Å²) >= 11 is 0. The molecule has 0 aliphatic heterocycles. The highest BCUT2D eigenvalue weighted by Crippen LogP contribution is 2.15. The number of ether oxygens (including phenoxy) is 3. The zero-order valence-electron chi connectivity index (χ0n) is 40.5. The summed E-state index contributed by atoms with van der Waals surface area (Å²) in [5, 5.41) is 0. The van der Waals surface area contributed by atoms with Crippen LogP contribution in [-0.4, -0.2) is 37.9 Å². The van der Waals surface area contributed by atoms with Gasteiger partial charge in [-0.3, -0.25) is 9.59 Å². The van der Waals surface area contributed by atoms with Crippen LogP contribution < -0.4 is 0 Å².